The summed E-state index contributed by atoms with van der Waals surface area (Å²) in [4.78, 5) is 11.1. The number of nitrogens with zero attached hydrogens (tertiary/aromatic N) is 1. The molecule has 0 heterocycles. The van der Waals surface area contributed by atoms with Crippen molar-refractivity contribution in [1.82, 2.24) is 0 Å². The zero-order valence-electron chi connectivity index (χ0n) is 8.43. The normalized spacial score (nSPS) is 11.5. The van der Waals surface area contributed by atoms with E-state index >= 15 is 0 Å². The second kappa shape index (κ2) is 5.13. The number of nitrogens with two attached hydrogens (primary N) is 1. The van der Waals surface area contributed by atoms with Gasteiger partial charge in [0, 0.05) is 6.04 Å². The molecule has 0 aliphatic heterocycles. The van der Waals surface area contributed by atoms with Crippen molar-refractivity contribution in [2.75, 3.05) is 7.11 Å². The molecule has 2 N–H and O–H groups in total. The molecule has 1 atom stereocenters. The average molecular weight is 204 g/mol. The van der Waals surface area contributed by atoms with E-state index in [-0.39, 0.29) is 18.4 Å². The summed E-state index contributed by atoms with van der Waals surface area (Å²) < 4.78 is 4.56. The fourth-order valence-electron chi connectivity index (χ4n) is 1.20. The molecule has 1 aromatic carbocycles. The maximum absolute atomic E-state index is 11.1. The fourth-order valence-corrected chi connectivity index (χ4v) is 1.20. The highest BCUT2D eigenvalue weighted by atomic mass is 16.5. The second-order valence-corrected chi connectivity index (χ2v) is 3.08. The van der Waals surface area contributed by atoms with E-state index < -0.39 is 0 Å². The van der Waals surface area contributed by atoms with Crippen LogP contribution in [-0.2, 0) is 4.74 Å². The molecule has 0 spiro atoms. The van der Waals surface area contributed by atoms with Gasteiger partial charge in [-0.2, -0.15) is 5.26 Å². The van der Waals surface area contributed by atoms with Crippen LogP contribution in [0.3, 0.4) is 0 Å². The molecular weight excluding hydrogens is 192 g/mol. The van der Waals surface area contributed by atoms with Crippen molar-refractivity contribution in [3.8, 4) is 6.07 Å². The van der Waals surface area contributed by atoms with E-state index in [9.17, 15) is 4.79 Å². The number of hydrogen-bond donors (Lipinski definition) is 1. The molecule has 1 aromatic rings. The third-order valence-electron chi connectivity index (χ3n) is 2.07. The molecule has 0 amide bonds. The minimum Gasteiger partial charge on any atom is -0.465 e. The molecule has 0 aromatic heterocycles. The van der Waals surface area contributed by atoms with Crippen molar-refractivity contribution in [3.63, 3.8) is 0 Å². The Balaban J connectivity index is 2.81. The molecule has 15 heavy (non-hydrogen) atoms. The maximum atomic E-state index is 11.1. The molecule has 0 unspecified atom stereocenters. The predicted molar refractivity (Wildman–Crippen MR) is 54.9 cm³/mol. The molecule has 4 heteroatoms. The molecule has 0 radical (unpaired) electrons. The molecule has 0 fully saturated rings. The smallest absolute Gasteiger partial charge is 0.337 e. The van der Waals surface area contributed by atoms with E-state index in [0.29, 0.717) is 5.56 Å². The molecule has 78 valence electrons. The van der Waals surface area contributed by atoms with E-state index in [1.165, 1.54) is 7.11 Å². The van der Waals surface area contributed by atoms with Crippen LogP contribution < -0.4 is 5.73 Å². The third kappa shape index (κ3) is 2.79. The minimum atomic E-state index is -0.379. The van der Waals surface area contributed by atoms with Crippen molar-refractivity contribution < 1.29 is 9.53 Å². The average Bonchev–Trinajstić information content (AvgIpc) is 2.28. The highest BCUT2D eigenvalue weighted by Crippen LogP contribution is 2.14. The summed E-state index contributed by atoms with van der Waals surface area (Å²) in [6.45, 7) is 0. The van der Waals surface area contributed by atoms with Crippen LogP contribution in [0.5, 0.6) is 0 Å². The van der Waals surface area contributed by atoms with E-state index in [1.807, 2.05) is 6.07 Å². The Morgan fingerprint density at radius 2 is 2.13 bits per heavy atom. The van der Waals surface area contributed by atoms with Crippen LogP contribution in [0, 0.1) is 11.3 Å². The highest BCUT2D eigenvalue weighted by Gasteiger charge is 2.08. The van der Waals surface area contributed by atoms with Crippen LogP contribution in [0.1, 0.15) is 28.4 Å². The molecule has 0 bridgehead atoms. The Bertz CT molecular complexity index is 379. The summed E-state index contributed by atoms with van der Waals surface area (Å²) in [6.07, 6.45) is 0.261. The molecule has 4 nitrogen and oxygen atoms in total. The Hall–Kier alpha value is -1.86. The lowest BCUT2D eigenvalue weighted by Crippen LogP contribution is -2.09. The van der Waals surface area contributed by atoms with Crippen molar-refractivity contribution in [3.05, 3.63) is 35.4 Å². The largest absolute Gasteiger partial charge is 0.465 e. The molecule has 0 aliphatic rings. The van der Waals surface area contributed by atoms with Gasteiger partial charge in [-0.05, 0) is 17.7 Å². The lowest BCUT2D eigenvalue weighted by Gasteiger charge is -2.07. The van der Waals surface area contributed by atoms with E-state index in [0.717, 1.165) is 5.56 Å². The van der Waals surface area contributed by atoms with Crippen LogP contribution in [0.25, 0.3) is 0 Å². The SMILES string of the molecule is COC(=O)c1ccc([C@H](N)CC#N)cc1. The minimum absolute atomic E-state index is 0.261. The molecular formula is C11H12N2O2. The Morgan fingerprint density at radius 3 is 2.60 bits per heavy atom. The van der Waals surface area contributed by atoms with Gasteiger partial charge in [-0.3, -0.25) is 0 Å². The number of benzene rings is 1. The van der Waals surface area contributed by atoms with Gasteiger partial charge in [0.05, 0.1) is 25.2 Å². The first kappa shape index (κ1) is 11.2. The van der Waals surface area contributed by atoms with Crippen molar-refractivity contribution in [2.24, 2.45) is 5.73 Å². The van der Waals surface area contributed by atoms with Crippen molar-refractivity contribution in [2.45, 2.75) is 12.5 Å². The zero-order valence-corrected chi connectivity index (χ0v) is 8.43. The summed E-state index contributed by atoms with van der Waals surface area (Å²) in [5.41, 5.74) is 7.04. The first-order valence-electron chi connectivity index (χ1n) is 4.50. The predicted octanol–water partition coefficient (Wildman–Crippen LogP) is 1.39. The fraction of sp³-hybridized carbons (Fsp3) is 0.273. The summed E-state index contributed by atoms with van der Waals surface area (Å²) in [5, 5.41) is 8.47. The van der Waals surface area contributed by atoms with Crippen LogP contribution in [0.15, 0.2) is 24.3 Å². The number of methoxy groups -OCH3 is 1. The van der Waals surface area contributed by atoms with Crippen LogP contribution in [0.2, 0.25) is 0 Å². The molecule has 0 saturated carbocycles. The molecule has 0 aliphatic carbocycles. The van der Waals surface area contributed by atoms with Crippen molar-refractivity contribution >= 4 is 5.97 Å². The number of nitriles is 1. The number of ether oxygens (including phenoxy) is 1. The first-order valence-corrected chi connectivity index (χ1v) is 4.50. The number of esters is 1. The topological polar surface area (TPSA) is 76.1 Å². The van der Waals surface area contributed by atoms with Crippen LogP contribution in [-0.4, -0.2) is 13.1 Å². The van der Waals surface area contributed by atoms with E-state index in [2.05, 4.69) is 4.74 Å². The van der Waals surface area contributed by atoms with Gasteiger partial charge >= 0.3 is 5.97 Å². The lowest BCUT2D eigenvalue weighted by atomic mass is 10.0. The summed E-state index contributed by atoms with van der Waals surface area (Å²) in [6, 6.07) is 8.43. The number of hydrogen-bond acceptors (Lipinski definition) is 4. The highest BCUT2D eigenvalue weighted by molar-refractivity contribution is 5.89. The van der Waals surface area contributed by atoms with Crippen LogP contribution >= 0.6 is 0 Å². The Labute approximate surface area is 88.3 Å². The lowest BCUT2D eigenvalue weighted by molar-refractivity contribution is 0.0600. The number of rotatable bonds is 3. The first-order chi connectivity index (χ1) is 7.19. The van der Waals surface area contributed by atoms with Gasteiger partial charge in [0.1, 0.15) is 0 Å². The van der Waals surface area contributed by atoms with Gasteiger partial charge in [0.15, 0.2) is 0 Å². The summed E-state index contributed by atoms with van der Waals surface area (Å²) in [7, 11) is 1.33. The Morgan fingerprint density at radius 1 is 1.53 bits per heavy atom. The van der Waals surface area contributed by atoms with Gasteiger partial charge in [0.25, 0.3) is 0 Å². The van der Waals surface area contributed by atoms with Crippen LogP contribution in [0.4, 0.5) is 0 Å². The third-order valence-corrected chi connectivity index (χ3v) is 2.07. The molecule has 1 rings (SSSR count). The number of carbonyl (C=O) groups is 1. The van der Waals surface area contributed by atoms with Gasteiger partial charge in [-0.25, -0.2) is 4.79 Å². The number of carbonyl (C=O) groups excluding carboxylic acids is 1. The quantitative estimate of drug-likeness (QED) is 0.755. The van der Waals surface area contributed by atoms with Gasteiger partial charge in [-0.15, -0.1) is 0 Å². The summed E-state index contributed by atoms with van der Waals surface area (Å²) >= 11 is 0. The van der Waals surface area contributed by atoms with E-state index in [1.54, 1.807) is 24.3 Å². The maximum Gasteiger partial charge on any atom is 0.337 e. The Kier molecular flexibility index (Phi) is 3.83. The second-order valence-electron chi connectivity index (χ2n) is 3.08. The van der Waals surface area contributed by atoms with Gasteiger partial charge < -0.3 is 10.5 Å². The molecule has 0 saturated heterocycles. The van der Waals surface area contributed by atoms with Crippen molar-refractivity contribution in [1.29, 1.82) is 5.26 Å². The summed E-state index contributed by atoms with van der Waals surface area (Å²) in [5.74, 6) is -0.379. The monoisotopic (exact) mass is 204 g/mol. The standard InChI is InChI=1S/C11H12N2O2/c1-15-11(14)9-4-2-8(3-5-9)10(13)6-7-12/h2-5,10H,6,13H2,1H3/t10-/m1/s1. The van der Waals surface area contributed by atoms with Gasteiger partial charge in [0.2, 0.25) is 0 Å². The zero-order chi connectivity index (χ0) is 11.3. The van der Waals surface area contributed by atoms with E-state index in [4.69, 9.17) is 11.0 Å². The van der Waals surface area contributed by atoms with Gasteiger partial charge in [-0.1, -0.05) is 12.1 Å².